The molecular weight excluding hydrogens is 345 g/mol. The van der Waals surface area contributed by atoms with E-state index in [1.165, 1.54) is 20.3 Å². The highest BCUT2D eigenvalue weighted by Crippen LogP contribution is 2.12. The van der Waals surface area contributed by atoms with Crippen LogP contribution in [-0.4, -0.2) is 6.04 Å². The summed E-state index contributed by atoms with van der Waals surface area (Å²) >= 11 is 2.33. The first-order valence-electron chi connectivity index (χ1n) is 6.69. The molecule has 0 saturated carbocycles. The van der Waals surface area contributed by atoms with Crippen LogP contribution in [0, 0.1) is 10.5 Å². The van der Waals surface area contributed by atoms with Gasteiger partial charge in [0.05, 0.1) is 0 Å². The van der Waals surface area contributed by atoms with E-state index in [9.17, 15) is 0 Å². The Kier molecular flexibility index (Phi) is 5.40. The van der Waals surface area contributed by atoms with Crippen LogP contribution in [0.4, 0.5) is 0 Å². The van der Waals surface area contributed by atoms with Gasteiger partial charge in [-0.1, -0.05) is 42.0 Å². The second-order valence-corrected chi connectivity index (χ2v) is 6.36. The fraction of sp³-hybridized carbons (Fsp3) is 0.294. The van der Waals surface area contributed by atoms with Crippen LogP contribution in [0.15, 0.2) is 48.5 Å². The molecule has 0 aliphatic rings. The van der Waals surface area contributed by atoms with Crippen LogP contribution in [0.2, 0.25) is 0 Å². The Hall–Kier alpha value is -0.870. The summed E-state index contributed by atoms with van der Waals surface area (Å²) in [6.45, 7) is 2.13. The molecule has 0 bridgehead atoms. The third-order valence-corrected chi connectivity index (χ3v) is 4.02. The number of halogens is 1. The zero-order valence-electron chi connectivity index (χ0n) is 11.3. The lowest BCUT2D eigenvalue weighted by Crippen LogP contribution is -2.23. The van der Waals surface area contributed by atoms with E-state index in [2.05, 4.69) is 78.0 Å². The molecule has 0 aliphatic carbocycles. The zero-order valence-corrected chi connectivity index (χ0v) is 13.4. The molecule has 19 heavy (non-hydrogen) atoms. The Morgan fingerprint density at radius 2 is 1.79 bits per heavy atom. The summed E-state index contributed by atoms with van der Waals surface area (Å²) in [7, 11) is 0. The topological polar surface area (TPSA) is 26.0 Å². The monoisotopic (exact) mass is 365 g/mol. The summed E-state index contributed by atoms with van der Waals surface area (Å²) in [6, 6.07) is 17.6. The van der Waals surface area contributed by atoms with Crippen molar-refractivity contribution in [3.05, 3.63) is 68.8 Å². The van der Waals surface area contributed by atoms with Crippen LogP contribution in [-0.2, 0) is 12.8 Å². The van der Waals surface area contributed by atoms with Gasteiger partial charge in [0.2, 0.25) is 0 Å². The molecule has 2 heteroatoms. The number of rotatable bonds is 5. The highest BCUT2D eigenvalue weighted by Gasteiger charge is 2.05. The maximum absolute atomic E-state index is 6.23. The minimum Gasteiger partial charge on any atom is -0.327 e. The smallest absolute Gasteiger partial charge is 0.0130 e. The van der Waals surface area contributed by atoms with Gasteiger partial charge in [-0.05, 0) is 72.0 Å². The fourth-order valence-electron chi connectivity index (χ4n) is 2.25. The van der Waals surface area contributed by atoms with Gasteiger partial charge in [-0.3, -0.25) is 0 Å². The van der Waals surface area contributed by atoms with Crippen molar-refractivity contribution in [2.24, 2.45) is 5.73 Å². The van der Waals surface area contributed by atoms with E-state index in [1.54, 1.807) is 0 Å². The van der Waals surface area contributed by atoms with Crippen LogP contribution in [0.3, 0.4) is 0 Å². The molecule has 0 amide bonds. The van der Waals surface area contributed by atoms with E-state index in [1.807, 2.05) is 0 Å². The van der Waals surface area contributed by atoms with Gasteiger partial charge in [0.15, 0.2) is 0 Å². The Balaban J connectivity index is 1.84. The first-order chi connectivity index (χ1) is 9.13. The largest absolute Gasteiger partial charge is 0.327 e. The number of hydrogen-bond donors (Lipinski definition) is 1. The predicted molar refractivity (Wildman–Crippen MR) is 90.3 cm³/mol. The average Bonchev–Trinajstić information content (AvgIpc) is 2.39. The van der Waals surface area contributed by atoms with Crippen LogP contribution in [0.1, 0.15) is 23.1 Å². The molecular formula is C17H20IN. The van der Waals surface area contributed by atoms with Gasteiger partial charge >= 0.3 is 0 Å². The van der Waals surface area contributed by atoms with Crippen molar-refractivity contribution in [3.63, 3.8) is 0 Å². The van der Waals surface area contributed by atoms with E-state index in [-0.39, 0.29) is 6.04 Å². The van der Waals surface area contributed by atoms with Gasteiger partial charge in [0.1, 0.15) is 0 Å². The number of nitrogens with two attached hydrogens (primary N) is 1. The fourth-order valence-corrected chi connectivity index (χ4v) is 2.60. The molecule has 2 aromatic carbocycles. The predicted octanol–water partition coefficient (Wildman–Crippen LogP) is 4.10. The quantitative estimate of drug-likeness (QED) is 0.794. The van der Waals surface area contributed by atoms with Crippen LogP contribution >= 0.6 is 22.6 Å². The van der Waals surface area contributed by atoms with Gasteiger partial charge in [-0.25, -0.2) is 0 Å². The zero-order chi connectivity index (χ0) is 13.7. The van der Waals surface area contributed by atoms with Gasteiger partial charge in [-0.2, -0.15) is 0 Å². The van der Waals surface area contributed by atoms with Crippen molar-refractivity contribution < 1.29 is 0 Å². The Labute approximate surface area is 129 Å². The molecule has 2 aromatic rings. The average molecular weight is 365 g/mol. The van der Waals surface area contributed by atoms with E-state index in [0.717, 1.165) is 19.3 Å². The standard InChI is InChI=1S/C17H20IN/c1-13-3-2-4-14(11-13)7-10-17(19)12-15-5-8-16(18)9-6-15/h2-6,8-9,11,17H,7,10,12,19H2,1H3. The summed E-state index contributed by atoms with van der Waals surface area (Å²) in [5.41, 5.74) is 10.3. The molecule has 0 aromatic heterocycles. The lowest BCUT2D eigenvalue weighted by atomic mass is 9.99. The molecule has 0 radical (unpaired) electrons. The van der Waals surface area contributed by atoms with Crippen molar-refractivity contribution in [2.45, 2.75) is 32.2 Å². The minimum atomic E-state index is 0.237. The first-order valence-corrected chi connectivity index (χ1v) is 7.77. The summed E-state index contributed by atoms with van der Waals surface area (Å²) < 4.78 is 1.27. The molecule has 0 saturated heterocycles. The molecule has 1 nitrogen and oxygen atoms in total. The maximum Gasteiger partial charge on any atom is 0.0130 e. The molecule has 0 heterocycles. The molecule has 100 valence electrons. The highest BCUT2D eigenvalue weighted by molar-refractivity contribution is 14.1. The number of benzene rings is 2. The SMILES string of the molecule is Cc1cccc(CCC(N)Cc2ccc(I)cc2)c1. The van der Waals surface area contributed by atoms with Crippen molar-refractivity contribution in [2.75, 3.05) is 0 Å². The van der Waals surface area contributed by atoms with Crippen molar-refractivity contribution in [3.8, 4) is 0 Å². The molecule has 1 unspecified atom stereocenters. The van der Waals surface area contributed by atoms with E-state index < -0.39 is 0 Å². The third-order valence-electron chi connectivity index (χ3n) is 3.30. The van der Waals surface area contributed by atoms with E-state index >= 15 is 0 Å². The van der Waals surface area contributed by atoms with Crippen LogP contribution in [0.25, 0.3) is 0 Å². The summed E-state index contributed by atoms with van der Waals surface area (Å²) in [4.78, 5) is 0. The molecule has 2 rings (SSSR count). The number of aryl methyl sites for hydroxylation is 2. The number of hydrogen-bond acceptors (Lipinski definition) is 1. The lowest BCUT2D eigenvalue weighted by Gasteiger charge is -2.12. The van der Waals surface area contributed by atoms with E-state index in [4.69, 9.17) is 5.73 Å². The van der Waals surface area contributed by atoms with E-state index in [0.29, 0.717) is 0 Å². The van der Waals surface area contributed by atoms with Gasteiger partial charge < -0.3 is 5.73 Å². The maximum atomic E-state index is 6.23. The van der Waals surface area contributed by atoms with Crippen LogP contribution < -0.4 is 5.73 Å². The third kappa shape index (κ3) is 4.96. The molecule has 2 N–H and O–H groups in total. The van der Waals surface area contributed by atoms with Gasteiger partial charge in [-0.15, -0.1) is 0 Å². The summed E-state index contributed by atoms with van der Waals surface area (Å²) in [5, 5.41) is 0. The van der Waals surface area contributed by atoms with Crippen LogP contribution in [0.5, 0.6) is 0 Å². The highest BCUT2D eigenvalue weighted by atomic mass is 127. The van der Waals surface area contributed by atoms with Gasteiger partial charge in [0, 0.05) is 9.61 Å². The first kappa shape index (κ1) is 14.5. The van der Waals surface area contributed by atoms with Crippen molar-refractivity contribution >= 4 is 22.6 Å². The second-order valence-electron chi connectivity index (χ2n) is 5.12. The van der Waals surface area contributed by atoms with Crippen molar-refractivity contribution in [1.29, 1.82) is 0 Å². The van der Waals surface area contributed by atoms with Gasteiger partial charge in [0.25, 0.3) is 0 Å². The Bertz CT molecular complexity index is 519. The lowest BCUT2D eigenvalue weighted by molar-refractivity contribution is 0.610. The molecule has 1 atom stereocenters. The molecule has 0 aliphatic heterocycles. The second kappa shape index (κ2) is 7.06. The Morgan fingerprint density at radius 3 is 2.47 bits per heavy atom. The molecule has 0 fully saturated rings. The summed E-state index contributed by atoms with van der Waals surface area (Å²) in [6.07, 6.45) is 3.06. The minimum absolute atomic E-state index is 0.237. The molecule has 0 spiro atoms. The Morgan fingerprint density at radius 1 is 1.05 bits per heavy atom. The summed E-state index contributed by atoms with van der Waals surface area (Å²) in [5.74, 6) is 0. The van der Waals surface area contributed by atoms with Crippen molar-refractivity contribution in [1.82, 2.24) is 0 Å². The normalized spacial score (nSPS) is 12.4.